The molecular weight excluding hydrogens is 354 g/mol. The molecule has 0 aliphatic heterocycles. The highest BCUT2D eigenvalue weighted by atomic mass is 35.5. The first-order chi connectivity index (χ1) is 12.4. The molecular formula is C20H22ClNO4. The van der Waals surface area contributed by atoms with Gasteiger partial charge in [-0.3, -0.25) is 9.59 Å². The van der Waals surface area contributed by atoms with E-state index in [0.717, 1.165) is 5.56 Å². The van der Waals surface area contributed by atoms with E-state index in [2.05, 4.69) is 5.32 Å². The zero-order chi connectivity index (χ0) is 19.1. The van der Waals surface area contributed by atoms with Gasteiger partial charge in [0, 0.05) is 23.4 Å². The molecule has 138 valence electrons. The fraction of sp³-hybridized carbons (Fsp3) is 0.300. The summed E-state index contributed by atoms with van der Waals surface area (Å²) in [7, 11) is 3.13. The smallest absolute Gasteiger partial charge is 0.220 e. The van der Waals surface area contributed by atoms with Gasteiger partial charge in [-0.2, -0.15) is 0 Å². The van der Waals surface area contributed by atoms with E-state index < -0.39 is 0 Å². The molecule has 0 bridgehead atoms. The van der Waals surface area contributed by atoms with Gasteiger partial charge in [-0.15, -0.1) is 0 Å². The Hall–Kier alpha value is -2.53. The number of rotatable bonds is 8. The first kappa shape index (κ1) is 19.8. The number of amides is 1. The summed E-state index contributed by atoms with van der Waals surface area (Å²) >= 11 is 5.81. The average molecular weight is 376 g/mol. The third-order valence-electron chi connectivity index (χ3n) is 4.03. The lowest BCUT2D eigenvalue weighted by atomic mass is 10.1. The number of hydrogen-bond acceptors (Lipinski definition) is 4. The molecule has 0 saturated carbocycles. The molecule has 2 rings (SSSR count). The van der Waals surface area contributed by atoms with Gasteiger partial charge in [0.15, 0.2) is 17.3 Å². The Balaban J connectivity index is 1.90. The Morgan fingerprint density at radius 1 is 1.00 bits per heavy atom. The summed E-state index contributed by atoms with van der Waals surface area (Å²) in [5.41, 5.74) is 1.44. The van der Waals surface area contributed by atoms with Gasteiger partial charge in [0.1, 0.15) is 0 Å². The van der Waals surface area contributed by atoms with Crippen LogP contribution in [-0.2, 0) is 4.79 Å². The molecule has 1 N–H and O–H groups in total. The number of ether oxygens (including phenoxy) is 2. The first-order valence-corrected chi connectivity index (χ1v) is 8.62. The van der Waals surface area contributed by atoms with Crippen LogP contribution >= 0.6 is 11.6 Å². The normalized spacial score (nSPS) is 11.5. The van der Waals surface area contributed by atoms with E-state index in [1.807, 2.05) is 19.1 Å². The third-order valence-corrected chi connectivity index (χ3v) is 4.28. The number of benzene rings is 2. The van der Waals surface area contributed by atoms with Crippen LogP contribution in [-0.4, -0.2) is 25.9 Å². The van der Waals surface area contributed by atoms with Crippen LogP contribution in [0.5, 0.6) is 11.5 Å². The average Bonchev–Trinajstić information content (AvgIpc) is 2.65. The van der Waals surface area contributed by atoms with Gasteiger partial charge >= 0.3 is 0 Å². The summed E-state index contributed by atoms with van der Waals surface area (Å²) < 4.78 is 10.5. The molecule has 6 heteroatoms. The Kier molecular flexibility index (Phi) is 7.04. The minimum atomic E-state index is -0.215. The molecule has 0 aliphatic carbocycles. The standard InChI is InChI=1S/C20H22ClNO4/c1-13(15-6-10-18(25-2)19(12-15)26-3)22-20(24)11-9-17(23)14-4-7-16(21)8-5-14/h4-8,10,12-13H,9,11H2,1-3H3,(H,22,24). The van der Waals surface area contributed by atoms with Crippen molar-refractivity contribution in [2.75, 3.05) is 14.2 Å². The predicted molar refractivity (Wildman–Crippen MR) is 101 cm³/mol. The number of methoxy groups -OCH3 is 2. The van der Waals surface area contributed by atoms with Crippen LogP contribution in [0.2, 0.25) is 5.02 Å². The zero-order valence-electron chi connectivity index (χ0n) is 15.0. The van der Waals surface area contributed by atoms with Crippen molar-refractivity contribution in [3.63, 3.8) is 0 Å². The second-order valence-corrected chi connectivity index (χ2v) is 6.27. The minimum absolute atomic E-state index is 0.0874. The Labute approximate surface area is 158 Å². The van der Waals surface area contributed by atoms with Crippen molar-refractivity contribution in [2.24, 2.45) is 0 Å². The number of nitrogens with one attached hydrogen (secondary N) is 1. The monoisotopic (exact) mass is 375 g/mol. The van der Waals surface area contributed by atoms with Crippen LogP contribution < -0.4 is 14.8 Å². The molecule has 0 heterocycles. The van der Waals surface area contributed by atoms with Gasteiger partial charge in [-0.1, -0.05) is 17.7 Å². The Morgan fingerprint density at radius 3 is 2.27 bits per heavy atom. The van der Waals surface area contributed by atoms with Crippen molar-refractivity contribution in [1.29, 1.82) is 0 Å². The van der Waals surface area contributed by atoms with E-state index in [0.29, 0.717) is 22.1 Å². The van der Waals surface area contributed by atoms with Crippen molar-refractivity contribution in [3.05, 3.63) is 58.6 Å². The Morgan fingerprint density at radius 2 is 1.65 bits per heavy atom. The van der Waals surface area contributed by atoms with Crippen molar-refractivity contribution < 1.29 is 19.1 Å². The van der Waals surface area contributed by atoms with Gasteiger partial charge in [-0.05, 0) is 48.9 Å². The summed E-state index contributed by atoms with van der Waals surface area (Å²) in [4.78, 5) is 24.3. The highest BCUT2D eigenvalue weighted by Gasteiger charge is 2.14. The summed E-state index contributed by atoms with van der Waals surface area (Å²) in [6.45, 7) is 1.88. The van der Waals surface area contributed by atoms with Gasteiger partial charge in [0.2, 0.25) is 5.91 Å². The highest BCUT2D eigenvalue weighted by molar-refractivity contribution is 6.30. The topological polar surface area (TPSA) is 64.6 Å². The lowest BCUT2D eigenvalue weighted by molar-refractivity contribution is -0.121. The molecule has 1 amide bonds. The molecule has 2 aromatic rings. The number of hydrogen-bond donors (Lipinski definition) is 1. The van der Waals surface area contributed by atoms with Crippen LogP contribution in [0.15, 0.2) is 42.5 Å². The first-order valence-electron chi connectivity index (χ1n) is 8.24. The second kappa shape index (κ2) is 9.25. The maximum absolute atomic E-state index is 12.2. The van der Waals surface area contributed by atoms with Crippen LogP contribution in [0.4, 0.5) is 0 Å². The van der Waals surface area contributed by atoms with Gasteiger partial charge in [0.05, 0.1) is 20.3 Å². The van der Waals surface area contributed by atoms with Crippen molar-refractivity contribution in [3.8, 4) is 11.5 Å². The molecule has 26 heavy (non-hydrogen) atoms. The SMILES string of the molecule is COc1ccc(C(C)NC(=O)CCC(=O)c2ccc(Cl)cc2)cc1OC. The molecule has 5 nitrogen and oxygen atoms in total. The van der Waals surface area contributed by atoms with Crippen molar-refractivity contribution in [1.82, 2.24) is 5.32 Å². The van der Waals surface area contributed by atoms with Crippen LogP contribution in [0.3, 0.4) is 0 Å². The van der Waals surface area contributed by atoms with Crippen LogP contribution in [0.1, 0.15) is 41.7 Å². The molecule has 0 saturated heterocycles. The van der Waals surface area contributed by atoms with E-state index in [9.17, 15) is 9.59 Å². The summed E-state index contributed by atoms with van der Waals surface area (Å²) in [5, 5.41) is 3.46. The van der Waals surface area contributed by atoms with E-state index >= 15 is 0 Å². The largest absolute Gasteiger partial charge is 0.493 e. The van der Waals surface area contributed by atoms with E-state index in [1.54, 1.807) is 44.6 Å². The molecule has 0 spiro atoms. The number of carbonyl (C=O) groups is 2. The van der Waals surface area contributed by atoms with E-state index in [4.69, 9.17) is 21.1 Å². The predicted octanol–water partition coefficient (Wildman–Crippen LogP) is 4.20. The minimum Gasteiger partial charge on any atom is -0.493 e. The van der Waals surface area contributed by atoms with Gasteiger partial charge < -0.3 is 14.8 Å². The third kappa shape index (κ3) is 5.23. The Bertz CT molecular complexity index is 774. The second-order valence-electron chi connectivity index (χ2n) is 5.83. The highest BCUT2D eigenvalue weighted by Crippen LogP contribution is 2.29. The summed E-state index contributed by atoms with van der Waals surface area (Å²) in [5.74, 6) is 0.956. The number of halogens is 1. The molecule has 0 aliphatic rings. The summed E-state index contributed by atoms with van der Waals surface area (Å²) in [6.07, 6.45) is 0.269. The van der Waals surface area contributed by atoms with Gasteiger partial charge in [-0.25, -0.2) is 0 Å². The van der Waals surface area contributed by atoms with Crippen molar-refractivity contribution in [2.45, 2.75) is 25.8 Å². The molecule has 0 aromatic heterocycles. The molecule has 2 aromatic carbocycles. The fourth-order valence-electron chi connectivity index (χ4n) is 2.53. The fourth-order valence-corrected chi connectivity index (χ4v) is 2.65. The lowest BCUT2D eigenvalue weighted by Gasteiger charge is -2.16. The molecule has 1 unspecified atom stereocenters. The maximum atomic E-state index is 12.2. The number of ketones is 1. The quantitative estimate of drug-likeness (QED) is 0.702. The molecule has 1 atom stereocenters. The van der Waals surface area contributed by atoms with Crippen molar-refractivity contribution >= 4 is 23.3 Å². The van der Waals surface area contributed by atoms with E-state index in [-0.39, 0.29) is 30.6 Å². The van der Waals surface area contributed by atoms with Crippen LogP contribution in [0, 0.1) is 0 Å². The summed E-state index contributed by atoms with van der Waals surface area (Å²) in [6, 6.07) is 11.9. The molecule has 0 radical (unpaired) electrons. The lowest BCUT2D eigenvalue weighted by Crippen LogP contribution is -2.27. The molecule has 0 fully saturated rings. The number of Topliss-reactive ketones (excluding diaryl/α,β-unsaturated/α-hetero) is 1. The maximum Gasteiger partial charge on any atom is 0.220 e. The van der Waals surface area contributed by atoms with Crippen LogP contribution in [0.25, 0.3) is 0 Å². The zero-order valence-corrected chi connectivity index (χ0v) is 15.8. The van der Waals surface area contributed by atoms with Gasteiger partial charge in [0.25, 0.3) is 0 Å². The van der Waals surface area contributed by atoms with E-state index in [1.165, 1.54) is 0 Å². The number of carbonyl (C=O) groups excluding carboxylic acids is 2.